The first-order valence-corrected chi connectivity index (χ1v) is 9.84. The van der Waals surface area contributed by atoms with E-state index in [1.54, 1.807) is 26.2 Å². The van der Waals surface area contributed by atoms with Crippen LogP contribution in [0.3, 0.4) is 0 Å². The quantitative estimate of drug-likeness (QED) is 0.700. The molecule has 30 heavy (non-hydrogen) atoms. The Morgan fingerprint density at radius 3 is 2.13 bits per heavy atom. The third-order valence-electron chi connectivity index (χ3n) is 4.99. The molecule has 7 nitrogen and oxygen atoms in total. The maximum atomic E-state index is 12.7. The van der Waals surface area contributed by atoms with Crippen LogP contribution in [-0.4, -0.2) is 61.3 Å². The van der Waals surface area contributed by atoms with Gasteiger partial charge in [0.2, 0.25) is 11.8 Å². The van der Waals surface area contributed by atoms with Crippen LogP contribution in [0.25, 0.3) is 0 Å². The third-order valence-corrected chi connectivity index (χ3v) is 4.99. The van der Waals surface area contributed by atoms with E-state index in [9.17, 15) is 14.4 Å². The Hall–Kier alpha value is -3.19. The molecule has 0 aliphatic carbocycles. The molecule has 0 saturated carbocycles. The van der Waals surface area contributed by atoms with Crippen molar-refractivity contribution >= 4 is 23.4 Å². The van der Waals surface area contributed by atoms with Crippen LogP contribution >= 0.6 is 0 Å². The SMILES string of the molecule is CNC(=O)c1ccc(CN(C)[C@H](C)C(=O)N(C)CC(=O)Nc2ccc(C)cc2)cc1. The first kappa shape index (κ1) is 23.1. The summed E-state index contributed by atoms with van der Waals surface area (Å²) in [5.41, 5.74) is 3.40. The third kappa shape index (κ3) is 6.42. The zero-order valence-corrected chi connectivity index (χ0v) is 18.2. The minimum absolute atomic E-state index is 0.0221. The normalized spacial score (nSPS) is 11.7. The Balaban J connectivity index is 1.88. The predicted octanol–water partition coefficient (Wildman–Crippen LogP) is 2.27. The van der Waals surface area contributed by atoms with Crippen molar-refractivity contribution in [3.8, 4) is 0 Å². The van der Waals surface area contributed by atoms with Gasteiger partial charge in [0.05, 0.1) is 12.6 Å². The number of amides is 3. The molecule has 2 N–H and O–H groups in total. The van der Waals surface area contributed by atoms with Crippen molar-refractivity contribution < 1.29 is 14.4 Å². The van der Waals surface area contributed by atoms with Crippen molar-refractivity contribution in [3.05, 3.63) is 65.2 Å². The molecule has 0 saturated heterocycles. The van der Waals surface area contributed by atoms with Gasteiger partial charge in [-0.25, -0.2) is 0 Å². The van der Waals surface area contributed by atoms with Crippen LogP contribution < -0.4 is 10.6 Å². The van der Waals surface area contributed by atoms with Gasteiger partial charge in [-0.15, -0.1) is 0 Å². The molecule has 0 radical (unpaired) electrons. The average molecular weight is 411 g/mol. The van der Waals surface area contributed by atoms with Crippen LogP contribution in [0.15, 0.2) is 48.5 Å². The highest BCUT2D eigenvalue weighted by atomic mass is 16.2. The summed E-state index contributed by atoms with van der Waals surface area (Å²) in [6.07, 6.45) is 0. The summed E-state index contributed by atoms with van der Waals surface area (Å²) in [7, 11) is 5.07. The second-order valence-corrected chi connectivity index (χ2v) is 7.48. The highest BCUT2D eigenvalue weighted by molar-refractivity contribution is 5.95. The van der Waals surface area contributed by atoms with Crippen molar-refractivity contribution in [1.29, 1.82) is 0 Å². The molecular weight excluding hydrogens is 380 g/mol. The van der Waals surface area contributed by atoms with E-state index in [4.69, 9.17) is 0 Å². The second kappa shape index (κ2) is 10.5. The van der Waals surface area contributed by atoms with E-state index < -0.39 is 6.04 Å². The molecule has 0 aliphatic rings. The molecule has 0 spiro atoms. The zero-order chi connectivity index (χ0) is 22.3. The predicted molar refractivity (Wildman–Crippen MR) is 118 cm³/mol. The number of carbonyl (C=O) groups excluding carboxylic acids is 3. The average Bonchev–Trinajstić information content (AvgIpc) is 2.74. The maximum Gasteiger partial charge on any atom is 0.251 e. The largest absolute Gasteiger partial charge is 0.355 e. The van der Waals surface area contributed by atoms with Gasteiger partial charge in [-0.05, 0) is 50.7 Å². The molecule has 0 aromatic heterocycles. The first-order chi connectivity index (χ1) is 14.2. The lowest BCUT2D eigenvalue weighted by atomic mass is 10.1. The molecule has 2 rings (SSSR count). The molecule has 0 heterocycles. The van der Waals surface area contributed by atoms with E-state index in [1.165, 1.54) is 4.90 Å². The van der Waals surface area contributed by atoms with Gasteiger partial charge in [-0.3, -0.25) is 19.3 Å². The van der Waals surface area contributed by atoms with Crippen LogP contribution in [-0.2, 0) is 16.1 Å². The van der Waals surface area contributed by atoms with Crippen molar-refractivity contribution in [2.75, 3.05) is 33.0 Å². The standard InChI is InChI=1S/C23H30N4O3/c1-16-6-12-20(13-7-16)25-21(28)15-27(5)23(30)17(2)26(4)14-18-8-10-19(11-9-18)22(29)24-3/h6-13,17H,14-15H2,1-5H3,(H,24,29)(H,25,28)/t17-/m1/s1. The van der Waals surface area contributed by atoms with Gasteiger partial charge >= 0.3 is 0 Å². The summed E-state index contributed by atoms with van der Waals surface area (Å²) in [5.74, 6) is -0.517. The lowest BCUT2D eigenvalue weighted by Gasteiger charge is -2.28. The Labute approximate surface area is 178 Å². The number of aryl methyl sites for hydroxylation is 1. The Kier molecular flexibility index (Phi) is 8.12. The Morgan fingerprint density at radius 2 is 1.57 bits per heavy atom. The van der Waals surface area contributed by atoms with E-state index in [1.807, 2.05) is 62.2 Å². The topological polar surface area (TPSA) is 81.8 Å². The monoisotopic (exact) mass is 410 g/mol. The molecule has 0 bridgehead atoms. The van der Waals surface area contributed by atoms with Crippen molar-refractivity contribution in [1.82, 2.24) is 15.1 Å². The number of hydrogen-bond acceptors (Lipinski definition) is 4. The summed E-state index contributed by atoms with van der Waals surface area (Å²) >= 11 is 0. The Bertz CT molecular complexity index is 878. The number of rotatable bonds is 8. The van der Waals surface area contributed by atoms with Crippen LogP contribution in [0.1, 0.15) is 28.4 Å². The maximum absolute atomic E-state index is 12.7. The molecule has 160 valence electrons. The number of anilines is 1. The van der Waals surface area contributed by atoms with E-state index in [0.29, 0.717) is 17.8 Å². The van der Waals surface area contributed by atoms with Crippen LogP contribution in [0.5, 0.6) is 0 Å². The van der Waals surface area contributed by atoms with Gasteiger partial charge in [-0.1, -0.05) is 29.8 Å². The smallest absolute Gasteiger partial charge is 0.251 e. The molecule has 3 amide bonds. The molecule has 1 atom stereocenters. The summed E-state index contributed by atoms with van der Waals surface area (Å²) in [6.45, 7) is 4.32. The molecule has 2 aromatic carbocycles. The molecule has 0 aliphatic heterocycles. The molecular formula is C23H30N4O3. The molecule has 2 aromatic rings. The molecule has 0 unspecified atom stereocenters. The van der Waals surface area contributed by atoms with Crippen LogP contribution in [0.2, 0.25) is 0 Å². The minimum atomic E-state index is -0.402. The highest BCUT2D eigenvalue weighted by Crippen LogP contribution is 2.11. The van der Waals surface area contributed by atoms with E-state index in [-0.39, 0.29) is 24.3 Å². The minimum Gasteiger partial charge on any atom is -0.355 e. The molecule has 0 fully saturated rings. The van der Waals surface area contributed by atoms with Gasteiger partial charge < -0.3 is 15.5 Å². The number of benzene rings is 2. The van der Waals surface area contributed by atoms with Crippen molar-refractivity contribution in [2.24, 2.45) is 0 Å². The van der Waals surface area contributed by atoms with Crippen molar-refractivity contribution in [3.63, 3.8) is 0 Å². The summed E-state index contributed by atoms with van der Waals surface area (Å²) in [4.78, 5) is 40.0. The molecule has 7 heteroatoms. The zero-order valence-electron chi connectivity index (χ0n) is 18.2. The fourth-order valence-corrected chi connectivity index (χ4v) is 2.97. The lowest BCUT2D eigenvalue weighted by molar-refractivity contribution is -0.137. The summed E-state index contributed by atoms with van der Waals surface area (Å²) in [5, 5.41) is 5.39. The van der Waals surface area contributed by atoms with Gasteiger partial charge in [0.1, 0.15) is 0 Å². The number of carbonyl (C=O) groups is 3. The number of nitrogens with one attached hydrogen (secondary N) is 2. The summed E-state index contributed by atoms with van der Waals surface area (Å²) in [6, 6.07) is 14.4. The second-order valence-electron chi connectivity index (χ2n) is 7.48. The Morgan fingerprint density at radius 1 is 0.967 bits per heavy atom. The lowest BCUT2D eigenvalue weighted by Crippen LogP contribution is -2.46. The first-order valence-electron chi connectivity index (χ1n) is 9.84. The van der Waals surface area contributed by atoms with Gasteiger partial charge in [-0.2, -0.15) is 0 Å². The number of hydrogen-bond donors (Lipinski definition) is 2. The van der Waals surface area contributed by atoms with Crippen LogP contribution in [0, 0.1) is 6.92 Å². The highest BCUT2D eigenvalue weighted by Gasteiger charge is 2.23. The van der Waals surface area contributed by atoms with E-state index >= 15 is 0 Å². The fourth-order valence-electron chi connectivity index (χ4n) is 2.97. The number of likely N-dealkylation sites (N-methyl/N-ethyl adjacent to an activating group) is 2. The fraction of sp³-hybridized carbons (Fsp3) is 0.348. The van der Waals surface area contributed by atoms with Gasteiger partial charge in [0, 0.05) is 31.9 Å². The van der Waals surface area contributed by atoms with Gasteiger partial charge in [0.15, 0.2) is 0 Å². The van der Waals surface area contributed by atoms with E-state index in [0.717, 1.165) is 11.1 Å². The summed E-state index contributed by atoms with van der Waals surface area (Å²) < 4.78 is 0. The van der Waals surface area contributed by atoms with E-state index in [2.05, 4.69) is 10.6 Å². The van der Waals surface area contributed by atoms with Gasteiger partial charge in [0.25, 0.3) is 5.91 Å². The number of nitrogens with zero attached hydrogens (tertiary/aromatic N) is 2. The van der Waals surface area contributed by atoms with Crippen molar-refractivity contribution in [2.45, 2.75) is 26.4 Å². The van der Waals surface area contributed by atoms with Crippen LogP contribution in [0.4, 0.5) is 5.69 Å².